The number of aromatic nitrogens is 2. The number of benzene rings is 1. The van der Waals surface area contributed by atoms with Crippen LogP contribution >= 0.6 is 10.7 Å². The van der Waals surface area contributed by atoms with E-state index in [1.807, 2.05) is 0 Å². The number of hydrogen-bond acceptors (Lipinski definition) is 3. The molecule has 0 radical (unpaired) electrons. The van der Waals surface area contributed by atoms with E-state index in [0.29, 0.717) is 6.07 Å². The number of imidazole rings is 1. The highest BCUT2D eigenvalue weighted by molar-refractivity contribution is 8.13. The van der Waals surface area contributed by atoms with Gasteiger partial charge in [0.15, 0.2) is 0 Å². The van der Waals surface area contributed by atoms with Crippen LogP contribution in [0.5, 0.6) is 0 Å². The van der Waals surface area contributed by atoms with Crippen LogP contribution in [0.15, 0.2) is 23.4 Å². The number of aromatic amines is 1. The first kappa shape index (κ1) is 12.2. The lowest BCUT2D eigenvalue weighted by atomic mass is 10.2. The van der Waals surface area contributed by atoms with Crippen molar-refractivity contribution in [2.75, 3.05) is 0 Å². The highest BCUT2D eigenvalue weighted by atomic mass is 35.7. The van der Waals surface area contributed by atoms with Gasteiger partial charge in [0.25, 0.3) is 9.05 Å². The summed E-state index contributed by atoms with van der Waals surface area (Å²) in [7, 11) is 0.484. The minimum Gasteiger partial charge on any atom is -0.345 e. The van der Waals surface area contributed by atoms with Gasteiger partial charge in [-0.25, -0.2) is 13.4 Å². The van der Waals surface area contributed by atoms with Crippen molar-refractivity contribution >= 4 is 30.8 Å². The molecule has 9 heteroatoms. The number of halogens is 4. The van der Waals surface area contributed by atoms with Gasteiger partial charge in [-0.15, -0.1) is 0 Å². The van der Waals surface area contributed by atoms with Crippen molar-refractivity contribution in [3.63, 3.8) is 0 Å². The number of nitrogens with zero attached hydrogens (tertiary/aromatic N) is 1. The smallest absolute Gasteiger partial charge is 0.345 e. The first-order valence-corrected chi connectivity index (χ1v) is 6.49. The van der Waals surface area contributed by atoms with Gasteiger partial charge in [0, 0.05) is 10.7 Å². The topological polar surface area (TPSA) is 62.8 Å². The van der Waals surface area contributed by atoms with E-state index in [1.165, 1.54) is 0 Å². The Kier molecular flexibility index (Phi) is 2.58. The van der Waals surface area contributed by atoms with Crippen LogP contribution in [0.4, 0.5) is 13.2 Å². The second kappa shape index (κ2) is 3.61. The lowest BCUT2D eigenvalue weighted by molar-refractivity contribution is -0.139. The summed E-state index contributed by atoms with van der Waals surface area (Å²) in [6.45, 7) is 0. The maximum atomic E-state index is 12.7. The molecule has 1 aromatic heterocycles. The van der Waals surface area contributed by atoms with Gasteiger partial charge in [0.05, 0.1) is 27.8 Å². The fourth-order valence-corrected chi connectivity index (χ4v) is 2.46. The maximum Gasteiger partial charge on any atom is 0.417 e. The van der Waals surface area contributed by atoms with Crippen LogP contribution in [-0.2, 0) is 15.2 Å². The Morgan fingerprint density at radius 3 is 2.47 bits per heavy atom. The molecule has 92 valence electrons. The van der Waals surface area contributed by atoms with Gasteiger partial charge in [-0.3, -0.25) is 0 Å². The third kappa shape index (κ3) is 2.22. The van der Waals surface area contributed by atoms with Gasteiger partial charge in [-0.2, -0.15) is 13.2 Å². The van der Waals surface area contributed by atoms with Crippen LogP contribution in [0, 0.1) is 0 Å². The molecule has 2 aromatic rings. The molecule has 2 rings (SSSR count). The Balaban J connectivity index is 2.87. The van der Waals surface area contributed by atoms with Crippen LogP contribution in [-0.4, -0.2) is 18.4 Å². The van der Waals surface area contributed by atoms with Crippen molar-refractivity contribution in [3.8, 4) is 0 Å². The summed E-state index contributed by atoms with van der Waals surface area (Å²) in [6.07, 6.45) is -3.65. The van der Waals surface area contributed by atoms with Crippen LogP contribution in [0.3, 0.4) is 0 Å². The van der Waals surface area contributed by atoms with E-state index >= 15 is 0 Å². The molecule has 1 aromatic carbocycles. The van der Waals surface area contributed by atoms with Crippen LogP contribution in [0.25, 0.3) is 11.0 Å². The summed E-state index contributed by atoms with van der Waals surface area (Å²) >= 11 is 0. The number of H-pyrrole nitrogens is 1. The van der Waals surface area contributed by atoms with Crippen molar-refractivity contribution < 1.29 is 21.6 Å². The van der Waals surface area contributed by atoms with E-state index in [4.69, 9.17) is 10.7 Å². The summed E-state index contributed by atoms with van der Waals surface area (Å²) < 4.78 is 60.2. The summed E-state index contributed by atoms with van der Waals surface area (Å²) in [4.78, 5) is 5.14. The van der Waals surface area contributed by atoms with Crippen molar-refractivity contribution in [1.82, 2.24) is 9.97 Å². The lowest BCUT2D eigenvalue weighted by Crippen LogP contribution is -2.10. The molecule has 1 heterocycles. The Bertz CT molecular complexity index is 678. The second-order valence-corrected chi connectivity index (χ2v) is 5.74. The Morgan fingerprint density at radius 2 is 1.94 bits per heavy atom. The number of fused-ring (bicyclic) bond motifs is 1. The summed E-state index contributed by atoms with van der Waals surface area (Å²) in [5.74, 6) is 0. The molecular formula is C8H4ClF3N2O2S. The highest BCUT2D eigenvalue weighted by Gasteiger charge is 2.37. The van der Waals surface area contributed by atoms with E-state index in [0.717, 1.165) is 12.4 Å². The third-order valence-corrected chi connectivity index (χ3v) is 3.45. The van der Waals surface area contributed by atoms with Gasteiger partial charge in [0.2, 0.25) is 0 Å². The number of nitrogens with one attached hydrogen (secondary N) is 1. The van der Waals surface area contributed by atoms with E-state index in [9.17, 15) is 21.6 Å². The average Bonchev–Trinajstić information content (AvgIpc) is 2.59. The van der Waals surface area contributed by atoms with Gasteiger partial charge in [0.1, 0.15) is 0 Å². The number of rotatable bonds is 1. The molecule has 0 aliphatic carbocycles. The van der Waals surface area contributed by atoms with Crippen molar-refractivity contribution in [2.45, 2.75) is 11.1 Å². The zero-order valence-electron chi connectivity index (χ0n) is 7.92. The average molecular weight is 285 g/mol. The largest absolute Gasteiger partial charge is 0.417 e. The lowest BCUT2D eigenvalue weighted by Gasteiger charge is -2.10. The minimum atomic E-state index is -4.81. The second-order valence-electron chi connectivity index (χ2n) is 3.20. The predicted octanol–water partition coefficient (Wildman–Crippen LogP) is 2.51. The molecule has 0 bridgehead atoms. The zero-order valence-corrected chi connectivity index (χ0v) is 9.49. The molecule has 0 saturated carbocycles. The third-order valence-electron chi connectivity index (χ3n) is 2.09. The molecular weight excluding hydrogens is 281 g/mol. The Morgan fingerprint density at radius 1 is 1.29 bits per heavy atom. The first-order chi connectivity index (χ1) is 7.69. The molecule has 0 atom stereocenters. The van der Waals surface area contributed by atoms with Crippen LogP contribution in [0.2, 0.25) is 0 Å². The molecule has 0 fully saturated rings. The van der Waals surface area contributed by atoms with Gasteiger partial charge >= 0.3 is 6.18 Å². The maximum absolute atomic E-state index is 12.7. The van der Waals surface area contributed by atoms with Crippen molar-refractivity contribution in [3.05, 3.63) is 24.0 Å². The van der Waals surface area contributed by atoms with E-state index in [-0.39, 0.29) is 11.0 Å². The molecule has 0 aliphatic rings. The van der Waals surface area contributed by atoms with Crippen LogP contribution in [0.1, 0.15) is 5.56 Å². The fraction of sp³-hybridized carbons (Fsp3) is 0.125. The molecule has 4 nitrogen and oxygen atoms in total. The first-order valence-electron chi connectivity index (χ1n) is 4.18. The molecule has 0 unspecified atom stereocenters. The predicted molar refractivity (Wildman–Crippen MR) is 54.1 cm³/mol. The molecule has 0 amide bonds. The van der Waals surface area contributed by atoms with Gasteiger partial charge < -0.3 is 4.98 Å². The molecule has 0 aliphatic heterocycles. The quantitative estimate of drug-likeness (QED) is 0.819. The van der Waals surface area contributed by atoms with Crippen molar-refractivity contribution in [2.24, 2.45) is 0 Å². The number of hydrogen-bond donors (Lipinski definition) is 1. The van der Waals surface area contributed by atoms with Crippen molar-refractivity contribution in [1.29, 1.82) is 0 Å². The van der Waals surface area contributed by atoms with E-state index in [2.05, 4.69) is 9.97 Å². The molecule has 0 spiro atoms. The van der Waals surface area contributed by atoms with Gasteiger partial charge in [-0.05, 0) is 12.1 Å². The summed E-state index contributed by atoms with van der Waals surface area (Å²) in [5, 5.41) is 0. The Hall–Kier alpha value is -1.28. The SMILES string of the molecule is O=S(=O)(Cl)c1cc2nc[nH]c2cc1C(F)(F)F. The van der Waals surface area contributed by atoms with E-state index in [1.54, 1.807) is 0 Å². The number of alkyl halides is 3. The minimum absolute atomic E-state index is 0.0846. The summed E-state index contributed by atoms with van der Waals surface area (Å²) in [5.41, 5.74) is -1.14. The summed E-state index contributed by atoms with van der Waals surface area (Å²) in [6, 6.07) is 1.45. The molecule has 17 heavy (non-hydrogen) atoms. The fourth-order valence-electron chi connectivity index (χ4n) is 1.39. The van der Waals surface area contributed by atoms with Crippen LogP contribution < -0.4 is 0 Å². The Labute approximate surface area is 97.8 Å². The molecule has 0 saturated heterocycles. The van der Waals surface area contributed by atoms with Gasteiger partial charge in [-0.1, -0.05) is 0 Å². The zero-order chi connectivity index (χ0) is 12.8. The van der Waals surface area contributed by atoms with E-state index < -0.39 is 25.7 Å². The standard InChI is InChI=1S/C8H4ClF3N2O2S/c9-17(15,16)7-2-6-5(13-3-14-6)1-4(7)8(10,11)12/h1-3H,(H,13,14). The monoisotopic (exact) mass is 284 g/mol. The normalized spacial score (nSPS) is 13.2. The molecule has 1 N–H and O–H groups in total. The highest BCUT2D eigenvalue weighted by Crippen LogP contribution is 2.37.